The first-order chi connectivity index (χ1) is 20.6. The van der Waals surface area contributed by atoms with E-state index in [9.17, 15) is 0 Å². The Labute approximate surface area is 282 Å². The molecule has 0 spiro atoms. The fourth-order valence-electron chi connectivity index (χ4n) is 7.42. The van der Waals surface area contributed by atoms with Gasteiger partial charge in [-0.05, 0) is 58.4 Å². The number of fused-ring (bicyclic) bond motifs is 5. The van der Waals surface area contributed by atoms with Gasteiger partial charge in [-0.25, -0.2) is 11.1 Å². The molecule has 3 aromatic rings. The molecule has 1 unspecified atom stereocenters. The molecule has 0 aromatic heterocycles. The van der Waals surface area contributed by atoms with Crippen LogP contribution in [0.5, 0.6) is 0 Å². The average molecular weight is 656 g/mol. The summed E-state index contributed by atoms with van der Waals surface area (Å²) in [6, 6.07) is 18.4. The van der Waals surface area contributed by atoms with Gasteiger partial charge in [0.05, 0.1) is 0 Å². The van der Waals surface area contributed by atoms with Crippen LogP contribution in [-0.4, -0.2) is 3.71 Å². The third-order valence-electron chi connectivity index (χ3n) is 9.60. The van der Waals surface area contributed by atoms with Crippen molar-refractivity contribution in [2.45, 2.75) is 93.4 Å². The van der Waals surface area contributed by atoms with Crippen LogP contribution in [0.1, 0.15) is 114 Å². The number of hydrogen-bond acceptors (Lipinski definition) is 0. The Bertz CT molecular complexity index is 1660. The van der Waals surface area contributed by atoms with Gasteiger partial charge in [0.25, 0.3) is 0 Å². The molecule has 44 heavy (non-hydrogen) atoms. The number of hydrogen-bond donors (Lipinski definition) is 0. The van der Waals surface area contributed by atoms with E-state index >= 15 is 0 Å². The predicted molar refractivity (Wildman–Crippen MR) is 188 cm³/mol. The molecule has 0 bridgehead atoms. The van der Waals surface area contributed by atoms with Crippen molar-refractivity contribution in [1.29, 1.82) is 0 Å². The zero-order valence-corrected chi connectivity index (χ0v) is 31.2. The molecule has 1 atom stereocenters. The molecule has 3 aromatic carbocycles. The van der Waals surface area contributed by atoms with Crippen molar-refractivity contribution < 1.29 is 24.2 Å². The van der Waals surface area contributed by atoms with Gasteiger partial charge in [0.15, 0.2) is 0 Å². The second kappa shape index (κ2) is 12.3. The predicted octanol–water partition coefficient (Wildman–Crippen LogP) is 11.1. The van der Waals surface area contributed by atoms with Gasteiger partial charge >= 0.3 is 70.3 Å². The Morgan fingerprint density at radius 2 is 1.39 bits per heavy atom. The summed E-state index contributed by atoms with van der Waals surface area (Å²) in [4.78, 5) is 0. The third kappa shape index (κ3) is 6.37. The van der Waals surface area contributed by atoms with Crippen molar-refractivity contribution in [2.24, 2.45) is 11.8 Å². The molecule has 224 valence electrons. The minimum atomic E-state index is 0.0340. The quantitative estimate of drug-likeness (QED) is 0.189. The molecule has 0 saturated heterocycles. The maximum atomic E-state index is 3.65. The minimum absolute atomic E-state index is 0.0340. The van der Waals surface area contributed by atoms with E-state index in [0.29, 0.717) is 11.8 Å². The van der Waals surface area contributed by atoms with E-state index in [-0.39, 0.29) is 10.8 Å². The monoisotopic (exact) mass is 654 g/mol. The van der Waals surface area contributed by atoms with Gasteiger partial charge in [-0.3, -0.25) is 12.2 Å². The molecule has 4 aliphatic carbocycles. The molecule has 0 aliphatic heterocycles. The van der Waals surface area contributed by atoms with Crippen molar-refractivity contribution >= 4 is 14.9 Å². The van der Waals surface area contributed by atoms with Crippen molar-refractivity contribution in [2.75, 3.05) is 0 Å². The van der Waals surface area contributed by atoms with E-state index in [2.05, 4.69) is 153 Å². The first-order valence-corrected chi connectivity index (χ1v) is 17.6. The van der Waals surface area contributed by atoms with E-state index in [1.165, 1.54) is 102 Å². The van der Waals surface area contributed by atoms with Crippen LogP contribution in [0.15, 0.2) is 71.8 Å². The topological polar surface area (TPSA) is 0 Å². The molecule has 0 radical (unpaired) electrons. The molecule has 4 aliphatic rings. The van der Waals surface area contributed by atoms with Gasteiger partial charge in [0.1, 0.15) is 0 Å². The molecule has 7 rings (SSSR count). The van der Waals surface area contributed by atoms with Gasteiger partial charge < -0.3 is 0 Å². The van der Waals surface area contributed by atoms with Crippen LogP contribution in [0.2, 0.25) is 0 Å². The van der Waals surface area contributed by atoms with E-state index < -0.39 is 0 Å². The SMILES string of the molecule is CC1=[C-]C(C)(C)c2cc3c(cc21)-c1cc2c(cc1C3)C(C)(C)C=C2C.CC1=[C-]C(C)C=C1C(C)C.Cc1ccc([CH]=[Zr+2])cc1. The Balaban J connectivity index is 0.000000166. The van der Waals surface area contributed by atoms with Crippen molar-refractivity contribution in [3.8, 4) is 11.1 Å². The Kier molecular flexibility index (Phi) is 9.15. The van der Waals surface area contributed by atoms with Crippen molar-refractivity contribution in [3.63, 3.8) is 0 Å². The van der Waals surface area contributed by atoms with Crippen LogP contribution in [0.3, 0.4) is 0 Å². The number of aryl methyl sites for hydroxylation is 1. The van der Waals surface area contributed by atoms with Crippen molar-refractivity contribution in [1.82, 2.24) is 0 Å². The first-order valence-electron chi connectivity index (χ1n) is 16.2. The summed E-state index contributed by atoms with van der Waals surface area (Å²) in [6.45, 7) is 24.6. The number of rotatable bonds is 2. The van der Waals surface area contributed by atoms with Crippen LogP contribution in [0, 0.1) is 30.9 Å². The van der Waals surface area contributed by atoms with E-state index in [1.54, 1.807) is 0 Å². The zero-order chi connectivity index (χ0) is 32.1. The molecule has 0 heterocycles. The second-order valence-electron chi connectivity index (χ2n) is 14.6. The van der Waals surface area contributed by atoms with Gasteiger partial charge in [-0.2, -0.15) is 17.2 Å². The summed E-state index contributed by atoms with van der Waals surface area (Å²) in [5, 5.41) is 0. The van der Waals surface area contributed by atoms with Gasteiger partial charge in [-0.1, -0.05) is 97.8 Å². The average Bonchev–Trinajstić information content (AvgIpc) is 3.62. The van der Waals surface area contributed by atoms with Gasteiger partial charge in [0.2, 0.25) is 0 Å². The fourth-order valence-corrected chi connectivity index (χ4v) is 7.90. The van der Waals surface area contributed by atoms with E-state index in [4.69, 9.17) is 0 Å². The Morgan fingerprint density at radius 3 is 1.91 bits per heavy atom. The summed E-state index contributed by atoms with van der Waals surface area (Å²) < 4.78 is 2.19. The molecule has 0 N–H and O–H groups in total. The van der Waals surface area contributed by atoms with Crippen LogP contribution in [0.25, 0.3) is 22.3 Å². The van der Waals surface area contributed by atoms with Crippen LogP contribution < -0.4 is 0 Å². The molecule has 0 saturated carbocycles. The summed E-state index contributed by atoms with van der Waals surface area (Å²) in [7, 11) is 0. The van der Waals surface area contributed by atoms with Crippen molar-refractivity contribution in [3.05, 3.63) is 128 Å². The molecule has 0 amide bonds. The molecule has 0 nitrogen and oxygen atoms in total. The van der Waals surface area contributed by atoms with E-state index in [1.807, 2.05) is 0 Å². The molecular formula is C43H48Zr. The Morgan fingerprint density at radius 1 is 0.795 bits per heavy atom. The summed E-state index contributed by atoms with van der Waals surface area (Å²) >= 11 is 1.47. The maximum absolute atomic E-state index is 3.65. The Hall–Kier alpha value is -2.63. The summed E-state index contributed by atoms with van der Waals surface area (Å²) in [5.41, 5.74) is 20.0. The number of benzene rings is 3. The van der Waals surface area contributed by atoms with Crippen LogP contribution in [0.4, 0.5) is 0 Å². The zero-order valence-electron chi connectivity index (χ0n) is 28.7. The van der Waals surface area contributed by atoms with Crippen LogP contribution in [-0.2, 0) is 41.5 Å². The van der Waals surface area contributed by atoms with Gasteiger partial charge in [0, 0.05) is 5.41 Å². The normalized spacial score (nSPS) is 19.3. The molecule has 0 fully saturated rings. The second-order valence-corrected chi connectivity index (χ2v) is 15.3. The standard InChI is InChI=1S/C25H25.C10H15.C8H8.Zr/c1-14-12-24(3,4)22-8-16-7-17-9-23-19(15(2)13-25(23,5)6)11-21(17)20(16)10-18(14)22;1-7(2)10-6-8(3)5-9(10)4;1-7-3-5-8(2)6-4-7;/h8-12H,7H2,1-6H3;6-8H,1-4H3;1,3-6H,2H3;/q2*-1;;+2. The first kappa shape index (κ1) is 32.8. The summed E-state index contributed by atoms with van der Waals surface area (Å²) in [5.74, 6) is 1.20. The third-order valence-corrected chi connectivity index (χ3v) is 10.4. The number of allylic oxidation sites excluding steroid dienone is 8. The molecule has 1 heteroatoms. The summed E-state index contributed by atoms with van der Waals surface area (Å²) in [6.07, 6.45) is 12.8. The van der Waals surface area contributed by atoms with Crippen LogP contribution >= 0.6 is 0 Å². The van der Waals surface area contributed by atoms with Gasteiger partial charge in [-0.15, -0.1) is 11.6 Å². The fraction of sp³-hybridized carbons (Fsp3) is 0.372. The molecular weight excluding hydrogens is 608 g/mol. The van der Waals surface area contributed by atoms with E-state index in [0.717, 1.165) is 6.42 Å².